The van der Waals surface area contributed by atoms with Gasteiger partial charge in [-0.3, -0.25) is 14.7 Å². The Kier molecular flexibility index (Phi) is 4.45. The number of benzene rings is 1. The summed E-state index contributed by atoms with van der Waals surface area (Å²) in [6, 6.07) is 11.5. The molecule has 0 unspecified atom stereocenters. The maximum absolute atomic E-state index is 12.7. The van der Waals surface area contributed by atoms with Crippen LogP contribution in [0.25, 0.3) is 0 Å². The van der Waals surface area contributed by atoms with Crippen LogP contribution in [0.15, 0.2) is 42.6 Å². The normalized spacial score (nSPS) is 14.8. The molecule has 1 aromatic carbocycles. The molecule has 0 spiro atoms. The molecule has 0 bridgehead atoms. The molecular weight excluding hydrogens is 328 g/mol. The van der Waals surface area contributed by atoms with Crippen LogP contribution in [0.5, 0.6) is 0 Å². The number of halogens is 1. The minimum Gasteiger partial charge on any atom is -0.336 e. The van der Waals surface area contributed by atoms with E-state index >= 15 is 0 Å². The molecule has 120 valence electrons. The summed E-state index contributed by atoms with van der Waals surface area (Å²) in [4.78, 5) is 30.1. The first kappa shape index (κ1) is 16.0. The molecule has 6 nitrogen and oxygen atoms in total. The third-order valence-electron chi connectivity index (χ3n) is 3.75. The summed E-state index contributed by atoms with van der Waals surface area (Å²) in [5, 5.41) is 12.4. The van der Waals surface area contributed by atoms with Crippen LogP contribution in [0.4, 0.5) is 10.5 Å². The summed E-state index contributed by atoms with van der Waals surface area (Å²) in [6.45, 7) is 0.986. The van der Waals surface area contributed by atoms with Gasteiger partial charge >= 0.3 is 6.03 Å². The van der Waals surface area contributed by atoms with Crippen LogP contribution in [0.2, 0.25) is 5.02 Å². The third kappa shape index (κ3) is 2.94. The Labute approximate surface area is 143 Å². The van der Waals surface area contributed by atoms with Crippen LogP contribution >= 0.6 is 11.6 Å². The van der Waals surface area contributed by atoms with Crippen molar-refractivity contribution in [3.63, 3.8) is 0 Å². The van der Waals surface area contributed by atoms with Gasteiger partial charge in [-0.2, -0.15) is 5.26 Å². The van der Waals surface area contributed by atoms with Gasteiger partial charge in [-0.1, -0.05) is 17.7 Å². The number of aromatic nitrogens is 1. The standard InChI is InChI=1S/C17H13ClN4O2/c18-13-5-4-11(9-15(13)22-8-7-21-17(22)24)16(23)12(10-19)14-3-1-2-6-20-14/h1-6,9,12H,7-8H2,(H,21,24)/t12-/m1/s1. The Bertz CT molecular complexity index is 832. The number of urea groups is 1. The highest BCUT2D eigenvalue weighted by molar-refractivity contribution is 6.34. The molecule has 0 saturated carbocycles. The zero-order chi connectivity index (χ0) is 17.1. The van der Waals surface area contributed by atoms with Crippen molar-refractivity contribution >= 4 is 29.1 Å². The first-order chi connectivity index (χ1) is 11.6. The second-order valence-electron chi connectivity index (χ2n) is 5.23. The van der Waals surface area contributed by atoms with E-state index in [1.807, 2.05) is 6.07 Å². The number of carbonyl (C=O) groups excluding carboxylic acids is 2. The van der Waals surface area contributed by atoms with E-state index in [1.54, 1.807) is 36.4 Å². The molecular formula is C17H13ClN4O2. The molecule has 1 atom stereocenters. The van der Waals surface area contributed by atoms with Crippen LogP contribution in [0.1, 0.15) is 22.0 Å². The van der Waals surface area contributed by atoms with Gasteiger partial charge in [-0.05, 0) is 30.3 Å². The van der Waals surface area contributed by atoms with Gasteiger partial charge in [0.1, 0.15) is 0 Å². The number of pyridine rings is 1. The van der Waals surface area contributed by atoms with Crippen molar-refractivity contribution in [2.45, 2.75) is 5.92 Å². The number of hydrogen-bond donors (Lipinski definition) is 1. The van der Waals surface area contributed by atoms with E-state index in [2.05, 4.69) is 10.3 Å². The van der Waals surface area contributed by atoms with E-state index < -0.39 is 5.92 Å². The van der Waals surface area contributed by atoms with Crippen molar-refractivity contribution in [2.24, 2.45) is 0 Å². The Morgan fingerprint density at radius 3 is 2.83 bits per heavy atom. The van der Waals surface area contributed by atoms with Crippen molar-refractivity contribution in [1.29, 1.82) is 5.26 Å². The van der Waals surface area contributed by atoms with Crippen LogP contribution in [0, 0.1) is 11.3 Å². The number of rotatable bonds is 4. The molecule has 2 heterocycles. The van der Waals surface area contributed by atoms with E-state index in [-0.39, 0.29) is 11.8 Å². The maximum Gasteiger partial charge on any atom is 0.322 e. The number of Topliss-reactive ketones (excluding diaryl/α,β-unsaturated/α-hetero) is 1. The lowest BCUT2D eigenvalue weighted by Gasteiger charge is -2.17. The van der Waals surface area contributed by atoms with Crippen LogP contribution < -0.4 is 10.2 Å². The van der Waals surface area contributed by atoms with Gasteiger partial charge in [-0.15, -0.1) is 0 Å². The zero-order valence-corrected chi connectivity index (χ0v) is 13.3. The predicted molar refractivity (Wildman–Crippen MR) is 89.1 cm³/mol. The molecule has 1 fully saturated rings. The summed E-state index contributed by atoms with van der Waals surface area (Å²) in [5.41, 5.74) is 1.15. The number of carbonyl (C=O) groups is 2. The number of amides is 2. The quantitative estimate of drug-likeness (QED) is 0.867. The number of anilines is 1. The lowest BCUT2D eigenvalue weighted by Crippen LogP contribution is -2.28. The van der Waals surface area contributed by atoms with Gasteiger partial charge in [0.15, 0.2) is 11.7 Å². The van der Waals surface area contributed by atoms with Crippen molar-refractivity contribution in [3.05, 3.63) is 58.9 Å². The summed E-state index contributed by atoms with van der Waals surface area (Å²) in [7, 11) is 0. The van der Waals surface area contributed by atoms with Crippen molar-refractivity contribution in [3.8, 4) is 6.07 Å². The fourth-order valence-electron chi connectivity index (χ4n) is 2.55. The fourth-order valence-corrected chi connectivity index (χ4v) is 2.77. The third-order valence-corrected chi connectivity index (χ3v) is 4.07. The first-order valence-electron chi connectivity index (χ1n) is 7.31. The number of hydrogen-bond acceptors (Lipinski definition) is 4. The number of nitrogens with one attached hydrogen (secondary N) is 1. The van der Waals surface area contributed by atoms with Gasteiger partial charge in [0.05, 0.1) is 22.5 Å². The highest BCUT2D eigenvalue weighted by Crippen LogP contribution is 2.30. The second kappa shape index (κ2) is 6.69. The number of nitriles is 1. The lowest BCUT2D eigenvalue weighted by atomic mass is 9.95. The first-order valence-corrected chi connectivity index (χ1v) is 7.69. The topological polar surface area (TPSA) is 86.1 Å². The van der Waals surface area contributed by atoms with Gasteiger partial charge in [0, 0.05) is 24.8 Å². The average Bonchev–Trinajstić information content (AvgIpc) is 3.03. The molecule has 24 heavy (non-hydrogen) atoms. The number of ketones is 1. The molecule has 1 aliphatic heterocycles. The summed E-state index contributed by atoms with van der Waals surface area (Å²) in [6.07, 6.45) is 1.54. The SMILES string of the molecule is N#C[C@@H](C(=O)c1ccc(Cl)c(N2CCNC2=O)c1)c1ccccn1. The summed E-state index contributed by atoms with van der Waals surface area (Å²) < 4.78 is 0. The smallest absolute Gasteiger partial charge is 0.322 e. The summed E-state index contributed by atoms with van der Waals surface area (Å²) in [5.74, 6) is -1.39. The van der Waals surface area contributed by atoms with Gasteiger partial charge in [0.25, 0.3) is 0 Å². The molecule has 2 amide bonds. The minimum atomic E-state index is -1.01. The van der Waals surface area contributed by atoms with Crippen molar-refractivity contribution in [1.82, 2.24) is 10.3 Å². The maximum atomic E-state index is 12.7. The number of nitrogens with zero attached hydrogens (tertiary/aromatic N) is 3. The van der Waals surface area contributed by atoms with Gasteiger partial charge in [0.2, 0.25) is 0 Å². The molecule has 1 aliphatic rings. The fraction of sp³-hybridized carbons (Fsp3) is 0.176. The molecule has 7 heteroatoms. The minimum absolute atomic E-state index is 0.261. The largest absolute Gasteiger partial charge is 0.336 e. The van der Waals surface area contributed by atoms with Crippen molar-refractivity contribution in [2.75, 3.05) is 18.0 Å². The average molecular weight is 341 g/mol. The van der Waals surface area contributed by atoms with E-state index in [0.29, 0.717) is 35.1 Å². The highest BCUT2D eigenvalue weighted by atomic mass is 35.5. The Morgan fingerprint density at radius 2 is 2.21 bits per heavy atom. The Morgan fingerprint density at radius 1 is 1.38 bits per heavy atom. The van der Waals surface area contributed by atoms with Gasteiger partial charge in [-0.25, -0.2) is 4.79 Å². The Hall–Kier alpha value is -2.91. The van der Waals surface area contributed by atoms with E-state index in [1.165, 1.54) is 11.1 Å². The van der Waals surface area contributed by atoms with Crippen LogP contribution in [0.3, 0.4) is 0 Å². The Balaban J connectivity index is 1.96. The lowest BCUT2D eigenvalue weighted by molar-refractivity contribution is 0.0977. The van der Waals surface area contributed by atoms with Crippen LogP contribution in [-0.2, 0) is 0 Å². The molecule has 2 aromatic rings. The van der Waals surface area contributed by atoms with Crippen molar-refractivity contribution < 1.29 is 9.59 Å². The zero-order valence-electron chi connectivity index (χ0n) is 12.6. The predicted octanol–water partition coefficient (Wildman–Crippen LogP) is 2.75. The van der Waals surface area contributed by atoms with E-state index in [4.69, 9.17) is 11.6 Å². The highest BCUT2D eigenvalue weighted by Gasteiger charge is 2.27. The molecule has 0 aliphatic carbocycles. The molecule has 1 saturated heterocycles. The molecule has 1 aromatic heterocycles. The molecule has 1 N–H and O–H groups in total. The molecule has 0 radical (unpaired) electrons. The van der Waals surface area contributed by atoms with Gasteiger partial charge < -0.3 is 5.32 Å². The molecule has 3 rings (SSSR count). The van der Waals surface area contributed by atoms with E-state index in [0.717, 1.165) is 0 Å². The monoisotopic (exact) mass is 340 g/mol. The van der Waals surface area contributed by atoms with Crippen LogP contribution in [-0.4, -0.2) is 29.9 Å². The second-order valence-corrected chi connectivity index (χ2v) is 5.64. The summed E-state index contributed by atoms with van der Waals surface area (Å²) >= 11 is 6.17. The van der Waals surface area contributed by atoms with E-state index in [9.17, 15) is 14.9 Å².